The highest BCUT2D eigenvalue weighted by atomic mass is 32.2. The molecule has 1 saturated carbocycles. The van der Waals surface area contributed by atoms with Gasteiger partial charge in [-0.2, -0.15) is 11.8 Å². The number of carbonyl (C=O) groups excluding carboxylic acids is 1. The third-order valence-electron chi connectivity index (χ3n) is 2.87. The molecule has 3 N–H and O–H groups in total. The van der Waals surface area contributed by atoms with Crippen molar-refractivity contribution >= 4 is 17.7 Å². The van der Waals surface area contributed by atoms with Gasteiger partial charge in [0.1, 0.15) is 5.54 Å². The zero-order valence-electron chi connectivity index (χ0n) is 10.6. The van der Waals surface area contributed by atoms with E-state index in [1.165, 1.54) is 19.3 Å². The zero-order valence-corrected chi connectivity index (χ0v) is 11.4. The van der Waals surface area contributed by atoms with Gasteiger partial charge >= 0.3 is 0 Å². The lowest BCUT2D eigenvalue weighted by Gasteiger charge is -2.27. The molecule has 0 aromatic carbocycles. The van der Waals surface area contributed by atoms with Gasteiger partial charge in [0.15, 0.2) is 0 Å². The molecule has 0 bridgehead atoms. The van der Waals surface area contributed by atoms with E-state index in [1.807, 2.05) is 18.7 Å². The first kappa shape index (κ1) is 13.8. The first-order valence-corrected chi connectivity index (χ1v) is 7.25. The van der Waals surface area contributed by atoms with Gasteiger partial charge in [0.25, 0.3) is 0 Å². The van der Waals surface area contributed by atoms with Crippen molar-refractivity contribution in [1.29, 1.82) is 0 Å². The van der Waals surface area contributed by atoms with Crippen LogP contribution >= 0.6 is 11.8 Å². The zero-order chi connectivity index (χ0) is 12.2. The predicted octanol–water partition coefficient (Wildman–Crippen LogP) is 1.76. The SMILES string of the molecule is CC(C)CCSCC(C)(NC1CC1)C(N)=O. The van der Waals surface area contributed by atoms with Crippen molar-refractivity contribution in [3.63, 3.8) is 0 Å². The molecule has 3 nitrogen and oxygen atoms in total. The van der Waals surface area contributed by atoms with Crippen LogP contribution in [0.2, 0.25) is 0 Å². The number of carbonyl (C=O) groups is 1. The van der Waals surface area contributed by atoms with E-state index in [4.69, 9.17) is 5.73 Å². The second-order valence-electron chi connectivity index (χ2n) is 5.35. The topological polar surface area (TPSA) is 55.1 Å². The van der Waals surface area contributed by atoms with E-state index in [1.54, 1.807) is 0 Å². The van der Waals surface area contributed by atoms with Gasteiger partial charge in [0.2, 0.25) is 5.91 Å². The average molecular weight is 244 g/mol. The van der Waals surface area contributed by atoms with Crippen LogP contribution in [0.5, 0.6) is 0 Å². The number of nitrogens with two attached hydrogens (primary N) is 1. The summed E-state index contributed by atoms with van der Waals surface area (Å²) in [7, 11) is 0. The Bertz CT molecular complexity index is 241. The van der Waals surface area contributed by atoms with E-state index in [2.05, 4.69) is 19.2 Å². The minimum absolute atomic E-state index is 0.226. The van der Waals surface area contributed by atoms with Crippen LogP contribution in [0.3, 0.4) is 0 Å². The molecule has 16 heavy (non-hydrogen) atoms. The van der Waals surface area contributed by atoms with Gasteiger partial charge in [-0.1, -0.05) is 13.8 Å². The number of hydrogen-bond donors (Lipinski definition) is 2. The molecular formula is C12H24N2OS. The van der Waals surface area contributed by atoms with Crippen molar-refractivity contribution in [2.24, 2.45) is 11.7 Å². The molecule has 1 atom stereocenters. The molecular weight excluding hydrogens is 220 g/mol. The highest BCUT2D eigenvalue weighted by Crippen LogP contribution is 2.24. The maximum Gasteiger partial charge on any atom is 0.238 e. The van der Waals surface area contributed by atoms with Gasteiger partial charge in [0.05, 0.1) is 0 Å². The van der Waals surface area contributed by atoms with Crippen molar-refractivity contribution in [2.75, 3.05) is 11.5 Å². The first-order valence-electron chi connectivity index (χ1n) is 6.09. The summed E-state index contributed by atoms with van der Waals surface area (Å²) in [6.45, 7) is 6.36. The second kappa shape index (κ2) is 5.92. The number of hydrogen-bond acceptors (Lipinski definition) is 3. The molecule has 0 aromatic rings. The molecule has 1 aliphatic carbocycles. The van der Waals surface area contributed by atoms with Crippen LogP contribution in [0.15, 0.2) is 0 Å². The summed E-state index contributed by atoms with van der Waals surface area (Å²) in [5, 5.41) is 3.36. The van der Waals surface area contributed by atoms with Crippen molar-refractivity contribution in [3.8, 4) is 0 Å². The number of nitrogens with one attached hydrogen (secondary N) is 1. The standard InChI is InChI=1S/C12H24N2OS/c1-9(2)6-7-16-8-12(3,11(13)15)14-10-4-5-10/h9-10,14H,4-8H2,1-3H3,(H2,13,15). The van der Waals surface area contributed by atoms with Crippen LogP contribution < -0.4 is 11.1 Å². The minimum Gasteiger partial charge on any atom is -0.368 e. The largest absolute Gasteiger partial charge is 0.368 e. The molecule has 0 spiro atoms. The van der Waals surface area contributed by atoms with E-state index in [0.29, 0.717) is 6.04 Å². The van der Waals surface area contributed by atoms with E-state index in [9.17, 15) is 4.79 Å². The van der Waals surface area contributed by atoms with Gasteiger partial charge < -0.3 is 11.1 Å². The average Bonchev–Trinajstić information content (AvgIpc) is 2.96. The number of rotatable bonds is 8. The van der Waals surface area contributed by atoms with E-state index < -0.39 is 5.54 Å². The van der Waals surface area contributed by atoms with E-state index >= 15 is 0 Å². The highest BCUT2D eigenvalue weighted by molar-refractivity contribution is 7.99. The second-order valence-corrected chi connectivity index (χ2v) is 6.46. The molecule has 1 aliphatic rings. The van der Waals surface area contributed by atoms with Crippen LogP contribution in [-0.4, -0.2) is 29.0 Å². The van der Waals surface area contributed by atoms with Crippen LogP contribution in [0.4, 0.5) is 0 Å². The Morgan fingerprint density at radius 1 is 1.56 bits per heavy atom. The molecule has 1 rings (SSSR count). The Morgan fingerprint density at radius 2 is 2.19 bits per heavy atom. The molecule has 0 aromatic heterocycles. The number of amides is 1. The molecule has 0 radical (unpaired) electrons. The Hall–Kier alpha value is -0.220. The molecule has 4 heteroatoms. The van der Waals surface area contributed by atoms with Gasteiger partial charge in [0, 0.05) is 11.8 Å². The van der Waals surface area contributed by atoms with Crippen LogP contribution in [0.25, 0.3) is 0 Å². The summed E-state index contributed by atoms with van der Waals surface area (Å²) in [6.07, 6.45) is 3.56. The molecule has 1 fully saturated rings. The van der Waals surface area contributed by atoms with Crippen LogP contribution in [0.1, 0.15) is 40.0 Å². The van der Waals surface area contributed by atoms with Crippen molar-refractivity contribution < 1.29 is 4.79 Å². The Labute approximate surface area is 103 Å². The van der Waals surface area contributed by atoms with Gasteiger partial charge in [-0.15, -0.1) is 0 Å². The fourth-order valence-corrected chi connectivity index (χ4v) is 2.87. The fraction of sp³-hybridized carbons (Fsp3) is 0.917. The van der Waals surface area contributed by atoms with Gasteiger partial charge in [-0.25, -0.2) is 0 Å². The third-order valence-corrected chi connectivity index (χ3v) is 4.18. The molecule has 0 heterocycles. The van der Waals surface area contributed by atoms with E-state index in [-0.39, 0.29) is 5.91 Å². The number of thioether (sulfide) groups is 1. The van der Waals surface area contributed by atoms with Crippen molar-refractivity contribution in [2.45, 2.75) is 51.6 Å². The van der Waals surface area contributed by atoms with E-state index in [0.717, 1.165) is 17.4 Å². The van der Waals surface area contributed by atoms with Crippen LogP contribution in [0, 0.1) is 5.92 Å². The molecule has 0 aliphatic heterocycles. The molecule has 0 saturated heterocycles. The van der Waals surface area contributed by atoms with Crippen LogP contribution in [-0.2, 0) is 4.79 Å². The highest BCUT2D eigenvalue weighted by Gasteiger charge is 2.36. The van der Waals surface area contributed by atoms with Crippen molar-refractivity contribution in [3.05, 3.63) is 0 Å². The smallest absolute Gasteiger partial charge is 0.238 e. The summed E-state index contributed by atoms with van der Waals surface area (Å²) in [4.78, 5) is 11.5. The van der Waals surface area contributed by atoms with Crippen molar-refractivity contribution in [1.82, 2.24) is 5.32 Å². The first-order chi connectivity index (χ1) is 7.44. The molecule has 1 unspecified atom stereocenters. The quantitative estimate of drug-likeness (QED) is 0.640. The summed E-state index contributed by atoms with van der Waals surface area (Å²) >= 11 is 1.82. The normalized spacial score (nSPS) is 19.8. The number of primary amides is 1. The lowest BCUT2D eigenvalue weighted by Crippen LogP contribution is -2.56. The monoisotopic (exact) mass is 244 g/mol. The molecule has 94 valence electrons. The Balaban J connectivity index is 2.29. The fourth-order valence-electron chi connectivity index (χ4n) is 1.46. The summed E-state index contributed by atoms with van der Waals surface area (Å²) in [6, 6.07) is 0.517. The Morgan fingerprint density at radius 3 is 2.62 bits per heavy atom. The molecule has 1 amide bonds. The lowest BCUT2D eigenvalue weighted by atomic mass is 10.1. The summed E-state index contributed by atoms with van der Waals surface area (Å²) < 4.78 is 0. The maximum absolute atomic E-state index is 11.5. The third kappa shape index (κ3) is 4.74. The summed E-state index contributed by atoms with van der Waals surface area (Å²) in [5.41, 5.74) is 4.95. The minimum atomic E-state index is -0.525. The summed E-state index contributed by atoms with van der Waals surface area (Å²) in [5.74, 6) is 2.39. The predicted molar refractivity (Wildman–Crippen MR) is 70.5 cm³/mol. The van der Waals surface area contributed by atoms with Gasteiger partial charge in [-0.3, -0.25) is 4.79 Å². The maximum atomic E-state index is 11.5. The van der Waals surface area contributed by atoms with Gasteiger partial charge in [-0.05, 0) is 37.9 Å². The lowest BCUT2D eigenvalue weighted by molar-refractivity contribution is -0.123. The Kier molecular flexibility index (Phi) is 5.12.